The molecule has 2 fully saturated rings. The molecule has 0 aliphatic carbocycles. The number of aromatic nitrogens is 1. The lowest BCUT2D eigenvalue weighted by Crippen LogP contribution is -2.51. The Morgan fingerprint density at radius 2 is 1.74 bits per heavy atom. The third-order valence-electron chi connectivity index (χ3n) is 8.03. The minimum Gasteiger partial charge on any atom is -0.444 e. The Hall–Kier alpha value is -3.33. The van der Waals surface area contributed by atoms with Crippen molar-refractivity contribution in [3.8, 4) is 0 Å². The van der Waals surface area contributed by atoms with E-state index in [1.165, 1.54) is 5.56 Å². The fourth-order valence-corrected chi connectivity index (χ4v) is 5.51. The number of anilines is 2. The molecule has 0 spiro atoms. The molecule has 2 aliphatic heterocycles. The first-order chi connectivity index (χ1) is 18.5. The molecule has 0 bridgehead atoms. The highest BCUT2D eigenvalue weighted by Crippen LogP contribution is 2.32. The van der Waals surface area contributed by atoms with E-state index in [0.29, 0.717) is 37.5 Å². The van der Waals surface area contributed by atoms with Gasteiger partial charge in [-0.2, -0.15) is 0 Å². The number of piperidine rings is 2. The molecule has 9 heteroatoms. The van der Waals surface area contributed by atoms with E-state index in [1.54, 1.807) is 11.1 Å². The van der Waals surface area contributed by atoms with Crippen LogP contribution in [0.15, 0.2) is 41.3 Å². The molecular weight excluding hydrogens is 492 g/mol. The minimum atomic E-state index is -0.533. The number of carbonyl (C=O) groups excluding carboxylic acids is 1. The van der Waals surface area contributed by atoms with Crippen LogP contribution in [0.3, 0.4) is 0 Å². The average molecular weight is 537 g/mol. The Balaban J connectivity index is 1.44. The molecule has 0 unspecified atom stereocenters. The lowest BCUT2D eigenvalue weighted by molar-refractivity contribution is 0.0176. The molecule has 0 saturated carbocycles. The van der Waals surface area contributed by atoms with Crippen molar-refractivity contribution < 1.29 is 9.53 Å². The molecule has 9 nitrogen and oxygen atoms in total. The van der Waals surface area contributed by atoms with Crippen LogP contribution in [0.1, 0.15) is 76.8 Å². The number of amides is 1. The Morgan fingerprint density at radius 3 is 2.33 bits per heavy atom. The monoisotopic (exact) mass is 536 g/mol. The van der Waals surface area contributed by atoms with Crippen molar-refractivity contribution in [3.63, 3.8) is 0 Å². The van der Waals surface area contributed by atoms with Crippen molar-refractivity contribution in [2.24, 2.45) is 0 Å². The standard InChI is InChI=1S/C30H44N6O3/c1-6-30(14-19-36(20-15-30)28(38)39-29(2,3)4)34-24-11-16-32-27(37)25(24)26(31)33-23-9-7-21(8-10-23)22-12-17-35(5)18-13-22/h7-11,16,22H,6,12-15,17-20H2,1-5H3,(H2,31,33)(H2,32,34,37). The van der Waals surface area contributed by atoms with Crippen LogP contribution in [0.5, 0.6) is 0 Å². The normalized spacial score (nSPS) is 18.4. The zero-order chi connectivity index (χ0) is 28.2. The molecule has 1 aromatic heterocycles. The summed E-state index contributed by atoms with van der Waals surface area (Å²) in [5, 5.41) is 15.5. The van der Waals surface area contributed by atoms with Gasteiger partial charge >= 0.3 is 6.09 Å². The van der Waals surface area contributed by atoms with Gasteiger partial charge in [0, 0.05) is 30.5 Å². The number of amidine groups is 1. The van der Waals surface area contributed by atoms with Crippen LogP contribution >= 0.6 is 0 Å². The topological polar surface area (TPSA) is 114 Å². The lowest BCUT2D eigenvalue weighted by atomic mass is 9.84. The number of hydrogen-bond acceptors (Lipinski definition) is 6. The van der Waals surface area contributed by atoms with E-state index in [0.717, 1.165) is 38.0 Å². The molecule has 4 rings (SSSR count). The van der Waals surface area contributed by atoms with Gasteiger partial charge in [-0.3, -0.25) is 10.2 Å². The van der Waals surface area contributed by atoms with Crippen molar-refractivity contribution in [1.82, 2.24) is 14.8 Å². The van der Waals surface area contributed by atoms with Gasteiger partial charge in [0.2, 0.25) is 0 Å². The number of carbonyl (C=O) groups is 1. The fourth-order valence-electron chi connectivity index (χ4n) is 5.51. The predicted molar refractivity (Wildman–Crippen MR) is 157 cm³/mol. The number of rotatable bonds is 6. The summed E-state index contributed by atoms with van der Waals surface area (Å²) in [7, 11) is 2.17. The summed E-state index contributed by atoms with van der Waals surface area (Å²) >= 11 is 0. The number of aromatic amines is 1. The van der Waals surface area contributed by atoms with E-state index in [4.69, 9.17) is 10.1 Å². The smallest absolute Gasteiger partial charge is 0.410 e. The number of benzene rings is 1. The molecule has 2 aliphatic rings. The molecule has 2 aromatic rings. The zero-order valence-electron chi connectivity index (χ0n) is 24.0. The number of nitrogens with one attached hydrogen (secondary N) is 4. The van der Waals surface area contributed by atoms with Crippen molar-refractivity contribution in [2.45, 2.75) is 76.9 Å². The molecule has 2 saturated heterocycles. The summed E-state index contributed by atoms with van der Waals surface area (Å²) in [6.07, 6.45) is 5.88. The fraction of sp³-hybridized carbons (Fsp3) is 0.567. The van der Waals surface area contributed by atoms with Crippen LogP contribution < -0.4 is 16.2 Å². The largest absolute Gasteiger partial charge is 0.444 e. The van der Waals surface area contributed by atoms with E-state index in [-0.39, 0.29) is 28.6 Å². The summed E-state index contributed by atoms with van der Waals surface area (Å²) in [4.78, 5) is 32.3. The number of H-pyrrole nitrogens is 1. The Morgan fingerprint density at radius 1 is 1.10 bits per heavy atom. The van der Waals surface area contributed by atoms with Crippen LogP contribution in [-0.2, 0) is 4.74 Å². The summed E-state index contributed by atoms with van der Waals surface area (Å²) in [5.74, 6) is 0.610. The first-order valence-corrected chi connectivity index (χ1v) is 14.1. The van der Waals surface area contributed by atoms with E-state index < -0.39 is 5.60 Å². The van der Waals surface area contributed by atoms with E-state index in [2.05, 4.69) is 46.6 Å². The molecule has 212 valence electrons. The molecule has 1 aromatic carbocycles. The Kier molecular flexibility index (Phi) is 8.69. The maximum absolute atomic E-state index is 12.9. The van der Waals surface area contributed by atoms with Gasteiger partial charge in [0.05, 0.1) is 5.69 Å². The average Bonchev–Trinajstić information content (AvgIpc) is 2.89. The third-order valence-corrected chi connectivity index (χ3v) is 8.03. The number of likely N-dealkylation sites (tertiary alicyclic amines) is 2. The Bertz CT molecular complexity index is 1200. The lowest BCUT2D eigenvalue weighted by Gasteiger charge is -2.43. The van der Waals surface area contributed by atoms with Crippen LogP contribution in [0.25, 0.3) is 0 Å². The van der Waals surface area contributed by atoms with Crippen LogP contribution in [0.2, 0.25) is 0 Å². The number of pyridine rings is 1. The van der Waals surface area contributed by atoms with Crippen molar-refractivity contribution in [1.29, 1.82) is 5.41 Å². The molecule has 1 amide bonds. The van der Waals surface area contributed by atoms with Crippen molar-refractivity contribution >= 4 is 23.3 Å². The predicted octanol–water partition coefficient (Wildman–Crippen LogP) is 5.21. The second kappa shape index (κ2) is 11.8. The highest BCUT2D eigenvalue weighted by atomic mass is 16.6. The molecule has 0 radical (unpaired) electrons. The van der Waals surface area contributed by atoms with Crippen LogP contribution in [-0.4, -0.2) is 71.1 Å². The summed E-state index contributed by atoms with van der Waals surface area (Å²) < 4.78 is 5.55. The first-order valence-electron chi connectivity index (χ1n) is 14.1. The van der Waals surface area contributed by atoms with E-state index in [9.17, 15) is 9.59 Å². The molecule has 3 heterocycles. The zero-order valence-corrected chi connectivity index (χ0v) is 24.0. The van der Waals surface area contributed by atoms with Gasteiger partial charge in [0.25, 0.3) is 5.56 Å². The summed E-state index contributed by atoms with van der Waals surface area (Å²) in [6, 6.07) is 10.1. The molecule has 4 N–H and O–H groups in total. The highest BCUT2D eigenvalue weighted by Gasteiger charge is 2.36. The maximum atomic E-state index is 12.9. The Labute approximate surface area is 231 Å². The second-order valence-electron chi connectivity index (χ2n) is 12.0. The van der Waals surface area contributed by atoms with Gasteiger partial charge in [-0.15, -0.1) is 0 Å². The van der Waals surface area contributed by atoms with Gasteiger partial charge < -0.3 is 30.2 Å². The summed E-state index contributed by atoms with van der Waals surface area (Å²) in [5.41, 5.74) is 1.85. The summed E-state index contributed by atoms with van der Waals surface area (Å²) in [6.45, 7) is 11.1. The SMILES string of the molecule is CCC1(Nc2cc[nH]c(=O)c2C(=N)Nc2ccc(C3CCN(C)CC3)cc2)CCN(C(=O)OC(C)(C)C)CC1. The molecule has 0 atom stereocenters. The maximum Gasteiger partial charge on any atom is 0.410 e. The minimum absolute atomic E-state index is 0.0452. The van der Waals surface area contributed by atoms with E-state index in [1.807, 2.05) is 39.0 Å². The van der Waals surface area contributed by atoms with Gasteiger partial charge in [0.1, 0.15) is 17.0 Å². The van der Waals surface area contributed by atoms with Gasteiger partial charge in [0.15, 0.2) is 0 Å². The van der Waals surface area contributed by atoms with E-state index >= 15 is 0 Å². The van der Waals surface area contributed by atoms with Crippen molar-refractivity contribution in [2.75, 3.05) is 43.9 Å². The number of ether oxygens (including phenoxy) is 1. The van der Waals surface area contributed by atoms with Crippen LogP contribution in [0.4, 0.5) is 16.2 Å². The quantitative estimate of drug-likeness (QED) is 0.298. The molecular formula is C30H44N6O3. The van der Waals surface area contributed by atoms with Gasteiger partial charge in [-0.1, -0.05) is 19.1 Å². The highest BCUT2D eigenvalue weighted by molar-refractivity contribution is 6.09. The van der Waals surface area contributed by atoms with Crippen LogP contribution in [0, 0.1) is 5.41 Å². The van der Waals surface area contributed by atoms with Gasteiger partial charge in [-0.25, -0.2) is 4.79 Å². The molecule has 39 heavy (non-hydrogen) atoms. The van der Waals surface area contributed by atoms with Gasteiger partial charge in [-0.05, 0) is 103 Å². The third kappa shape index (κ3) is 7.20. The van der Waals surface area contributed by atoms with Crippen molar-refractivity contribution in [3.05, 3.63) is 58.0 Å². The number of hydrogen-bond donors (Lipinski definition) is 4. The second-order valence-corrected chi connectivity index (χ2v) is 12.0. The first kappa shape index (κ1) is 28.7. The number of nitrogens with zero attached hydrogens (tertiary/aromatic N) is 2.